The second kappa shape index (κ2) is 9.97. The molecule has 0 radical (unpaired) electrons. The number of para-hydroxylation sites is 1. The number of halogens is 2. The predicted molar refractivity (Wildman–Crippen MR) is 136 cm³/mol. The molecule has 9 nitrogen and oxygen atoms in total. The van der Waals surface area contributed by atoms with E-state index < -0.39 is 12.6 Å². The third-order valence-corrected chi connectivity index (χ3v) is 7.21. The van der Waals surface area contributed by atoms with Crippen molar-refractivity contribution in [1.29, 1.82) is 0 Å². The first-order chi connectivity index (χ1) is 18.2. The molecule has 2 aromatic carbocycles. The fourth-order valence-electron chi connectivity index (χ4n) is 5.07. The lowest BCUT2D eigenvalue weighted by atomic mass is 9.94. The second-order valence-corrected chi connectivity index (χ2v) is 9.67. The number of hydrazine groups is 1. The van der Waals surface area contributed by atoms with Gasteiger partial charge in [0.2, 0.25) is 5.95 Å². The summed E-state index contributed by atoms with van der Waals surface area (Å²) in [6.07, 6.45) is 4.08. The Morgan fingerprint density at radius 3 is 2.50 bits per heavy atom. The Kier molecular flexibility index (Phi) is 6.70. The van der Waals surface area contributed by atoms with Crippen LogP contribution in [0, 0.1) is 11.3 Å². The van der Waals surface area contributed by atoms with Gasteiger partial charge < -0.3 is 19.8 Å². The molecule has 38 heavy (non-hydrogen) atoms. The Hall–Kier alpha value is -4.12. The number of benzene rings is 2. The largest absolute Gasteiger partial charge is 0.481 e. The number of carbonyl (C=O) groups excluding carboxylic acids is 1. The summed E-state index contributed by atoms with van der Waals surface area (Å²) in [5.41, 5.74) is 5.93. The maximum Gasteiger partial charge on any atom is 0.387 e. The van der Waals surface area contributed by atoms with Crippen LogP contribution >= 0.6 is 0 Å². The number of alkyl halides is 2. The van der Waals surface area contributed by atoms with Gasteiger partial charge in [-0.05, 0) is 37.1 Å². The number of carboxylic acid groups (broad SMARTS) is 1. The number of rotatable bonds is 10. The van der Waals surface area contributed by atoms with Crippen LogP contribution in [0.4, 0.5) is 20.4 Å². The molecule has 1 saturated carbocycles. The molecule has 1 spiro atoms. The van der Waals surface area contributed by atoms with Gasteiger partial charge in [-0.1, -0.05) is 24.3 Å². The number of carbonyl (C=O) groups is 2. The van der Waals surface area contributed by atoms with Crippen molar-refractivity contribution in [2.75, 3.05) is 30.0 Å². The van der Waals surface area contributed by atoms with E-state index >= 15 is 0 Å². The van der Waals surface area contributed by atoms with Gasteiger partial charge in [-0.2, -0.15) is 8.78 Å². The molecule has 2 aliphatic rings. The van der Waals surface area contributed by atoms with E-state index in [9.17, 15) is 23.5 Å². The summed E-state index contributed by atoms with van der Waals surface area (Å²) in [4.78, 5) is 34.6. The van der Waals surface area contributed by atoms with E-state index in [1.807, 2.05) is 11.0 Å². The van der Waals surface area contributed by atoms with Gasteiger partial charge in [-0.3, -0.25) is 9.59 Å². The van der Waals surface area contributed by atoms with Crippen molar-refractivity contribution in [3.05, 3.63) is 66.0 Å². The summed E-state index contributed by atoms with van der Waals surface area (Å²) in [5.74, 6) is -0.571. The van der Waals surface area contributed by atoms with Crippen molar-refractivity contribution in [3.8, 4) is 16.9 Å². The zero-order chi connectivity index (χ0) is 27.0. The molecule has 2 fully saturated rings. The number of aromatic nitrogens is 2. The summed E-state index contributed by atoms with van der Waals surface area (Å²) < 4.78 is 30.5. The van der Waals surface area contributed by atoms with Gasteiger partial charge in [0.1, 0.15) is 5.75 Å². The predicted octanol–water partition coefficient (Wildman–Crippen LogP) is 4.00. The van der Waals surface area contributed by atoms with Crippen LogP contribution in [0.25, 0.3) is 11.1 Å². The third-order valence-electron chi connectivity index (χ3n) is 7.21. The summed E-state index contributed by atoms with van der Waals surface area (Å²) in [7, 11) is 1.68. The Balaban J connectivity index is 1.38. The number of nitrogens with zero attached hydrogens (tertiary/aromatic N) is 4. The zero-order valence-corrected chi connectivity index (χ0v) is 20.9. The first-order valence-corrected chi connectivity index (χ1v) is 12.1. The van der Waals surface area contributed by atoms with Crippen molar-refractivity contribution in [3.63, 3.8) is 0 Å². The number of carboxylic acids is 1. The van der Waals surface area contributed by atoms with Crippen molar-refractivity contribution < 1.29 is 28.2 Å². The molecular formula is C27H27F2N5O4. The summed E-state index contributed by atoms with van der Waals surface area (Å²) in [6, 6.07) is 11.8. The molecule has 1 unspecified atom stereocenters. The Morgan fingerprint density at radius 2 is 1.89 bits per heavy atom. The molecule has 1 atom stereocenters. The lowest BCUT2D eigenvalue weighted by molar-refractivity contribution is -0.139. The molecule has 3 aromatic rings. The van der Waals surface area contributed by atoms with E-state index in [4.69, 9.17) is 0 Å². The lowest BCUT2D eigenvalue weighted by Crippen LogP contribution is -2.51. The summed E-state index contributed by atoms with van der Waals surface area (Å²) in [5, 5.41) is 10.9. The molecule has 1 aliphatic heterocycles. The standard InChI is InChI=1S/C27H27F2N5O4/c1-16(35)20-8-7-17(9-22(20)34(30-2)13-18-5-3-4-6-23(18)38-25(28)29)19-11-31-26(32-12-19)33-14-27(15-33)10-21(27)24(36)37/h3-9,11-12,21,25,30H,10,13-15H2,1-2H3,(H,36,37). The smallest absolute Gasteiger partial charge is 0.387 e. The molecule has 1 saturated heterocycles. The maximum absolute atomic E-state index is 12.9. The van der Waals surface area contributed by atoms with E-state index in [1.165, 1.54) is 13.0 Å². The minimum atomic E-state index is -2.96. The fourth-order valence-corrected chi connectivity index (χ4v) is 5.07. The van der Waals surface area contributed by atoms with Gasteiger partial charge in [-0.15, -0.1) is 0 Å². The monoisotopic (exact) mass is 523 g/mol. The highest BCUT2D eigenvalue weighted by molar-refractivity contribution is 6.00. The molecular weight excluding hydrogens is 496 g/mol. The maximum atomic E-state index is 12.9. The highest BCUT2D eigenvalue weighted by Gasteiger charge is 2.65. The van der Waals surface area contributed by atoms with Crippen LogP contribution in [0.3, 0.4) is 0 Å². The van der Waals surface area contributed by atoms with E-state index in [0.717, 1.165) is 11.1 Å². The first kappa shape index (κ1) is 25.5. The second-order valence-electron chi connectivity index (χ2n) is 9.67. The van der Waals surface area contributed by atoms with Crippen LogP contribution in [0.15, 0.2) is 54.9 Å². The van der Waals surface area contributed by atoms with Crippen LogP contribution in [0.2, 0.25) is 0 Å². The Bertz CT molecular complexity index is 1360. The van der Waals surface area contributed by atoms with Crippen molar-refractivity contribution in [2.45, 2.75) is 26.5 Å². The van der Waals surface area contributed by atoms with Crippen molar-refractivity contribution in [2.24, 2.45) is 11.3 Å². The van der Waals surface area contributed by atoms with E-state index in [2.05, 4.69) is 20.1 Å². The van der Waals surface area contributed by atoms with Crippen LogP contribution in [-0.2, 0) is 11.3 Å². The number of ketones is 1. The van der Waals surface area contributed by atoms with Gasteiger partial charge in [0.25, 0.3) is 0 Å². The quantitative estimate of drug-likeness (QED) is 0.301. The number of aliphatic carboxylic acids is 1. The zero-order valence-electron chi connectivity index (χ0n) is 20.9. The van der Waals surface area contributed by atoms with Crippen LogP contribution in [0.1, 0.15) is 29.3 Å². The molecule has 2 N–H and O–H groups in total. The topological polar surface area (TPSA) is 108 Å². The Labute approximate surface area is 218 Å². The number of anilines is 2. The van der Waals surface area contributed by atoms with E-state index in [0.29, 0.717) is 42.3 Å². The minimum absolute atomic E-state index is 0.0564. The van der Waals surface area contributed by atoms with Gasteiger partial charge in [0.05, 0.1) is 18.2 Å². The number of ether oxygens (including phenoxy) is 1. The minimum Gasteiger partial charge on any atom is -0.481 e. The number of Topliss-reactive ketones (excluding diaryl/α,β-unsaturated/α-hetero) is 1. The summed E-state index contributed by atoms with van der Waals surface area (Å²) >= 11 is 0. The van der Waals surface area contributed by atoms with Crippen molar-refractivity contribution in [1.82, 2.24) is 15.4 Å². The normalized spacial score (nSPS) is 17.3. The Morgan fingerprint density at radius 1 is 1.18 bits per heavy atom. The van der Waals surface area contributed by atoms with E-state index in [1.54, 1.807) is 54.8 Å². The molecule has 2 heterocycles. The molecule has 11 heteroatoms. The first-order valence-electron chi connectivity index (χ1n) is 12.1. The average Bonchev–Trinajstić information content (AvgIpc) is 3.64. The SMILES string of the molecule is CNN(Cc1ccccc1OC(F)F)c1cc(-c2cnc(N3CC4(CC4C(=O)O)C3)nc2)ccc1C(C)=O. The third kappa shape index (κ3) is 4.89. The molecule has 5 rings (SSSR count). The van der Waals surface area contributed by atoms with Gasteiger partial charge in [-0.25, -0.2) is 15.4 Å². The van der Waals surface area contributed by atoms with Crippen molar-refractivity contribution >= 4 is 23.4 Å². The van der Waals surface area contributed by atoms with Crippen LogP contribution in [0.5, 0.6) is 5.75 Å². The van der Waals surface area contributed by atoms with Crippen LogP contribution < -0.4 is 20.1 Å². The lowest BCUT2D eigenvalue weighted by Gasteiger charge is -2.40. The highest BCUT2D eigenvalue weighted by atomic mass is 19.3. The number of hydrogen-bond donors (Lipinski definition) is 2. The van der Waals surface area contributed by atoms with Crippen LogP contribution in [-0.4, -0.2) is 53.6 Å². The number of nitrogens with one attached hydrogen (secondary N) is 1. The molecule has 0 amide bonds. The van der Waals surface area contributed by atoms with Gasteiger partial charge >= 0.3 is 12.6 Å². The fraction of sp³-hybridized carbons (Fsp3) is 0.333. The van der Waals surface area contributed by atoms with Gasteiger partial charge in [0, 0.05) is 54.6 Å². The van der Waals surface area contributed by atoms with E-state index in [-0.39, 0.29) is 29.4 Å². The molecule has 1 aliphatic carbocycles. The van der Waals surface area contributed by atoms with Gasteiger partial charge in [0.15, 0.2) is 5.78 Å². The highest BCUT2D eigenvalue weighted by Crippen LogP contribution is 2.59. The number of hydrogen-bond acceptors (Lipinski definition) is 8. The summed E-state index contributed by atoms with van der Waals surface area (Å²) in [6.45, 7) is -0.0641. The molecule has 198 valence electrons. The average molecular weight is 524 g/mol. The molecule has 0 bridgehead atoms. The molecule has 1 aromatic heterocycles.